The van der Waals surface area contributed by atoms with E-state index in [4.69, 9.17) is 26.6 Å². The molecule has 0 aliphatic carbocycles. The summed E-state index contributed by atoms with van der Waals surface area (Å²) in [5.41, 5.74) is 1.79. The quantitative estimate of drug-likeness (QED) is 0.449. The Hall–Kier alpha value is -0.326. The molecule has 6 nitrogen and oxygen atoms in total. The molecule has 0 bridgehead atoms. The summed E-state index contributed by atoms with van der Waals surface area (Å²) in [4.78, 5) is 0. The highest BCUT2D eigenvalue weighted by molar-refractivity contribution is 6.66. The van der Waals surface area contributed by atoms with Crippen LogP contribution in [0.4, 0.5) is 0 Å². The van der Waals surface area contributed by atoms with E-state index in [2.05, 4.69) is 0 Å². The first kappa shape index (κ1) is 18.7. The fourth-order valence-electron chi connectivity index (χ4n) is 1.42. The van der Waals surface area contributed by atoms with Crippen LogP contribution in [0.2, 0.25) is 6.04 Å². The molecule has 0 radical (unpaired) electrons. The Labute approximate surface area is 117 Å². The molecule has 0 aromatic carbocycles. The van der Waals surface area contributed by atoms with Gasteiger partial charge in [0.15, 0.2) is 0 Å². The molecule has 0 aliphatic rings. The molecule has 0 N–H and O–H groups in total. The first-order valence-corrected chi connectivity index (χ1v) is 9.46. The van der Waals surface area contributed by atoms with Crippen LogP contribution >= 0.6 is 0 Å². The Morgan fingerprint density at radius 1 is 0.684 bits per heavy atom. The van der Waals surface area contributed by atoms with Crippen LogP contribution in [0.25, 0.3) is 0 Å². The van der Waals surface area contributed by atoms with Gasteiger partial charge in [0.2, 0.25) is 0 Å². The molecular formula is C11H24O6Si2. The largest absolute Gasteiger partial charge is 0.528 e. The van der Waals surface area contributed by atoms with Crippen molar-refractivity contribution in [2.75, 3.05) is 42.7 Å². The molecule has 0 aliphatic heterocycles. The van der Waals surface area contributed by atoms with Crippen molar-refractivity contribution in [2.24, 2.45) is 0 Å². The topological polar surface area (TPSA) is 55.4 Å². The van der Waals surface area contributed by atoms with E-state index in [1.54, 1.807) is 48.4 Å². The normalized spacial score (nSPS) is 13.8. The Morgan fingerprint density at radius 2 is 1.16 bits per heavy atom. The Bertz CT molecular complexity index is 270. The third kappa shape index (κ3) is 5.67. The zero-order chi connectivity index (χ0) is 14.8. The smallest absolute Gasteiger partial charge is 0.377 e. The third-order valence-corrected chi connectivity index (χ3v) is 7.61. The van der Waals surface area contributed by atoms with Crippen molar-refractivity contribution in [1.82, 2.24) is 0 Å². The van der Waals surface area contributed by atoms with Crippen LogP contribution in [0.3, 0.4) is 0 Å². The number of hydrogen-bond donors (Lipinski definition) is 0. The predicted molar refractivity (Wildman–Crippen MR) is 76.6 cm³/mol. The van der Waals surface area contributed by atoms with Crippen molar-refractivity contribution >= 4 is 17.6 Å². The molecule has 0 heterocycles. The van der Waals surface area contributed by atoms with Crippen LogP contribution in [0.15, 0.2) is 23.9 Å². The van der Waals surface area contributed by atoms with Crippen molar-refractivity contribution in [2.45, 2.75) is 6.04 Å². The third-order valence-electron chi connectivity index (χ3n) is 2.70. The molecule has 0 saturated heterocycles. The van der Waals surface area contributed by atoms with E-state index < -0.39 is 17.6 Å². The SMILES string of the molecule is CO[Si](/C=C/C=C/C[Si](OC)(OC)OC)(OC)OC. The lowest BCUT2D eigenvalue weighted by molar-refractivity contribution is 0.127. The van der Waals surface area contributed by atoms with Crippen LogP contribution < -0.4 is 0 Å². The summed E-state index contributed by atoms with van der Waals surface area (Å²) in [6.07, 6.45) is 5.60. The van der Waals surface area contributed by atoms with Crippen LogP contribution in [-0.2, 0) is 26.6 Å². The van der Waals surface area contributed by atoms with Gasteiger partial charge in [0, 0.05) is 48.7 Å². The second-order valence-corrected chi connectivity index (χ2v) is 9.27. The fraction of sp³-hybridized carbons (Fsp3) is 0.636. The molecule has 0 atom stereocenters. The summed E-state index contributed by atoms with van der Waals surface area (Å²) in [6, 6.07) is 0.586. The van der Waals surface area contributed by atoms with Crippen LogP contribution in [-0.4, -0.2) is 60.3 Å². The molecule has 0 amide bonds. The monoisotopic (exact) mass is 308 g/mol. The van der Waals surface area contributed by atoms with E-state index in [1.807, 2.05) is 18.2 Å². The van der Waals surface area contributed by atoms with Gasteiger partial charge in [0.25, 0.3) is 0 Å². The van der Waals surface area contributed by atoms with Gasteiger partial charge in [-0.15, -0.1) is 0 Å². The molecule has 0 spiro atoms. The molecule has 19 heavy (non-hydrogen) atoms. The lowest BCUT2D eigenvalue weighted by Gasteiger charge is -2.22. The fourth-order valence-corrected chi connectivity index (χ4v) is 4.10. The summed E-state index contributed by atoms with van der Waals surface area (Å²) in [5, 5.41) is 0. The average molecular weight is 308 g/mol. The van der Waals surface area contributed by atoms with Gasteiger partial charge in [-0.05, 0) is 5.70 Å². The maximum Gasteiger partial charge on any atom is 0.528 e. The minimum absolute atomic E-state index is 0.586. The average Bonchev–Trinajstić information content (AvgIpc) is 2.48. The van der Waals surface area contributed by atoms with E-state index >= 15 is 0 Å². The lowest BCUT2D eigenvalue weighted by atomic mass is 10.5. The van der Waals surface area contributed by atoms with Gasteiger partial charge in [-0.3, -0.25) is 0 Å². The lowest BCUT2D eigenvalue weighted by Crippen LogP contribution is -2.42. The van der Waals surface area contributed by atoms with Crippen LogP contribution in [0.1, 0.15) is 0 Å². The zero-order valence-electron chi connectivity index (χ0n) is 12.5. The van der Waals surface area contributed by atoms with Crippen LogP contribution in [0, 0.1) is 0 Å². The molecule has 0 fully saturated rings. The van der Waals surface area contributed by atoms with Crippen molar-refractivity contribution in [3.05, 3.63) is 23.9 Å². The second kappa shape index (κ2) is 9.56. The van der Waals surface area contributed by atoms with Gasteiger partial charge in [-0.25, -0.2) is 0 Å². The van der Waals surface area contributed by atoms with E-state index in [9.17, 15) is 0 Å². The molecule has 0 aromatic heterocycles. The Balaban J connectivity index is 4.51. The van der Waals surface area contributed by atoms with E-state index in [-0.39, 0.29) is 0 Å². The van der Waals surface area contributed by atoms with Gasteiger partial charge in [0.1, 0.15) is 0 Å². The van der Waals surface area contributed by atoms with Gasteiger partial charge in [0.05, 0.1) is 0 Å². The second-order valence-electron chi connectivity index (χ2n) is 3.50. The first-order valence-electron chi connectivity index (χ1n) is 5.72. The Kier molecular flexibility index (Phi) is 9.39. The molecule has 8 heteroatoms. The van der Waals surface area contributed by atoms with E-state index in [0.717, 1.165) is 0 Å². The maximum atomic E-state index is 5.30. The van der Waals surface area contributed by atoms with Crippen molar-refractivity contribution < 1.29 is 26.6 Å². The molecule has 0 rings (SSSR count). The summed E-state index contributed by atoms with van der Waals surface area (Å²) in [7, 11) is 4.25. The number of rotatable bonds is 10. The molecule has 0 saturated carbocycles. The summed E-state index contributed by atoms with van der Waals surface area (Å²) < 4.78 is 31.7. The molecule has 0 aromatic rings. The van der Waals surface area contributed by atoms with E-state index in [0.29, 0.717) is 6.04 Å². The van der Waals surface area contributed by atoms with Crippen LogP contribution in [0.5, 0.6) is 0 Å². The summed E-state index contributed by atoms with van der Waals surface area (Å²) in [5.74, 6) is 0. The van der Waals surface area contributed by atoms with Crippen molar-refractivity contribution in [3.63, 3.8) is 0 Å². The molecular weight excluding hydrogens is 284 g/mol. The van der Waals surface area contributed by atoms with Crippen molar-refractivity contribution in [1.29, 1.82) is 0 Å². The Morgan fingerprint density at radius 3 is 1.53 bits per heavy atom. The van der Waals surface area contributed by atoms with Gasteiger partial charge >= 0.3 is 17.6 Å². The molecule has 112 valence electrons. The highest BCUT2D eigenvalue weighted by Crippen LogP contribution is 2.13. The maximum absolute atomic E-state index is 5.30. The standard InChI is InChI=1S/C11H24O6Si2/c1-12-18(13-2,14-3)10-8-7-9-11-19(15-4,16-5)17-6/h7-10H,11H2,1-6H3/b9-7+,10-8+. The highest BCUT2D eigenvalue weighted by Gasteiger charge is 2.36. The number of hydrogen-bond acceptors (Lipinski definition) is 6. The van der Waals surface area contributed by atoms with E-state index in [1.165, 1.54) is 0 Å². The highest BCUT2D eigenvalue weighted by atomic mass is 28.4. The minimum atomic E-state index is -2.65. The van der Waals surface area contributed by atoms with Gasteiger partial charge in [-0.1, -0.05) is 18.2 Å². The first-order chi connectivity index (χ1) is 9.07. The number of allylic oxidation sites excluding steroid dienone is 3. The summed E-state index contributed by atoms with van der Waals surface area (Å²) >= 11 is 0. The zero-order valence-corrected chi connectivity index (χ0v) is 14.5. The van der Waals surface area contributed by atoms with Gasteiger partial charge < -0.3 is 26.6 Å². The van der Waals surface area contributed by atoms with Crippen molar-refractivity contribution in [3.8, 4) is 0 Å². The molecule has 0 unspecified atom stereocenters. The predicted octanol–water partition coefficient (Wildman–Crippen LogP) is 1.39. The minimum Gasteiger partial charge on any atom is -0.377 e. The summed E-state index contributed by atoms with van der Waals surface area (Å²) in [6.45, 7) is 0. The van der Waals surface area contributed by atoms with Gasteiger partial charge in [-0.2, -0.15) is 0 Å².